The van der Waals surface area contributed by atoms with E-state index in [1.807, 2.05) is 29.7 Å². The van der Waals surface area contributed by atoms with Crippen molar-refractivity contribution < 1.29 is 14.3 Å². The highest BCUT2D eigenvalue weighted by molar-refractivity contribution is 5.93. The summed E-state index contributed by atoms with van der Waals surface area (Å²) in [5.41, 5.74) is 8.30. The molecular formula is C27H41N5O3. The summed E-state index contributed by atoms with van der Waals surface area (Å²) in [4.78, 5) is 32.8. The van der Waals surface area contributed by atoms with Crippen molar-refractivity contribution in [3.05, 3.63) is 29.3 Å². The van der Waals surface area contributed by atoms with E-state index in [4.69, 9.17) is 10.5 Å². The Morgan fingerprint density at radius 1 is 1.11 bits per heavy atom. The number of nitrogens with two attached hydrogens (primary N) is 1. The van der Waals surface area contributed by atoms with Gasteiger partial charge in [-0.15, -0.1) is 0 Å². The Bertz CT molecular complexity index is 917. The highest BCUT2D eigenvalue weighted by Gasteiger charge is 2.29. The molecule has 1 aromatic rings. The van der Waals surface area contributed by atoms with Gasteiger partial charge in [0, 0.05) is 38.6 Å². The molecule has 2 saturated heterocycles. The van der Waals surface area contributed by atoms with E-state index in [-0.39, 0.29) is 23.9 Å². The number of carbonyl (C=O) groups excluding carboxylic acids is 2. The van der Waals surface area contributed by atoms with Crippen LogP contribution >= 0.6 is 0 Å². The molecular weight excluding hydrogens is 442 g/mol. The van der Waals surface area contributed by atoms with E-state index in [9.17, 15) is 9.59 Å². The van der Waals surface area contributed by atoms with Gasteiger partial charge >= 0.3 is 6.03 Å². The normalized spacial score (nSPS) is 21.3. The van der Waals surface area contributed by atoms with Crippen LogP contribution in [0.15, 0.2) is 23.2 Å². The number of ether oxygens (including phenoxy) is 1. The molecule has 1 aromatic carbocycles. The molecule has 4 rings (SSSR count). The van der Waals surface area contributed by atoms with Crippen LogP contribution in [-0.2, 0) is 17.8 Å². The third-order valence-corrected chi connectivity index (χ3v) is 7.58. The Hall–Kier alpha value is -2.61. The van der Waals surface area contributed by atoms with E-state index in [0.29, 0.717) is 24.9 Å². The number of urea groups is 1. The fourth-order valence-electron chi connectivity index (χ4n) is 5.20. The zero-order valence-corrected chi connectivity index (χ0v) is 21.3. The first kappa shape index (κ1) is 25.5. The number of aliphatic imine (C=N–C) groups is 1. The third-order valence-electron chi connectivity index (χ3n) is 7.58. The molecule has 2 fully saturated rings. The van der Waals surface area contributed by atoms with Crippen LogP contribution in [0, 0.1) is 11.8 Å². The number of piperidine rings is 1. The molecule has 3 N–H and O–H groups in total. The number of carbonyl (C=O) groups is 2. The summed E-state index contributed by atoms with van der Waals surface area (Å²) in [6.45, 7) is 8.57. The molecule has 8 heteroatoms. The van der Waals surface area contributed by atoms with Crippen molar-refractivity contribution in [2.24, 2.45) is 22.6 Å². The van der Waals surface area contributed by atoms with Crippen molar-refractivity contribution in [1.82, 2.24) is 15.1 Å². The predicted molar refractivity (Wildman–Crippen MR) is 137 cm³/mol. The molecule has 0 bridgehead atoms. The molecule has 0 aliphatic carbocycles. The van der Waals surface area contributed by atoms with E-state index in [1.54, 1.807) is 0 Å². The zero-order valence-electron chi connectivity index (χ0n) is 21.3. The molecule has 1 atom stereocenters. The van der Waals surface area contributed by atoms with Gasteiger partial charge in [0.25, 0.3) is 0 Å². The van der Waals surface area contributed by atoms with Gasteiger partial charge in [0.1, 0.15) is 11.6 Å². The lowest BCUT2D eigenvalue weighted by Crippen LogP contribution is -2.48. The number of nitrogens with one attached hydrogen (secondary N) is 1. The van der Waals surface area contributed by atoms with Gasteiger partial charge in [0.05, 0.1) is 12.6 Å². The van der Waals surface area contributed by atoms with Crippen LogP contribution in [0.1, 0.15) is 63.5 Å². The Labute approximate surface area is 209 Å². The molecule has 0 saturated carbocycles. The van der Waals surface area contributed by atoms with Crippen molar-refractivity contribution in [3.8, 4) is 5.75 Å². The van der Waals surface area contributed by atoms with E-state index < -0.39 is 0 Å². The number of hydrogen-bond acceptors (Lipinski definition) is 4. The second kappa shape index (κ2) is 11.9. The highest BCUT2D eigenvalue weighted by Crippen LogP contribution is 2.25. The second-order valence-corrected chi connectivity index (χ2v) is 10.5. The molecule has 0 radical (unpaired) electrons. The summed E-state index contributed by atoms with van der Waals surface area (Å²) in [6.07, 6.45) is 7.11. The summed E-state index contributed by atoms with van der Waals surface area (Å²) < 4.78 is 6.05. The first-order valence-electron chi connectivity index (χ1n) is 13.3. The molecule has 3 amide bonds. The maximum atomic E-state index is 12.7. The summed E-state index contributed by atoms with van der Waals surface area (Å²) >= 11 is 0. The number of amidine groups is 1. The van der Waals surface area contributed by atoms with E-state index in [1.165, 1.54) is 11.1 Å². The topological polar surface area (TPSA) is 100 Å². The van der Waals surface area contributed by atoms with Crippen LogP contribution < -0.4 is 15.8 Å². The summed E-state index contributed by atoms with van der Waals surface area (Å²) in [6, 6.07) is 5.97. The largest absolute Gasteiger partial charge is 0.494 e. The molecule has 1 unspecified atom stereocenters. The number of likely N-dealkylation sites (tertiary alicyclic amines) is 2. The van der Waals surface area contributed by atoms with E-state index in [2.05, 4.69) is 22.4 Å². The minimum Gasteiger partial charge on any atom is -0.494 e. The van der Waals surface area contributed by atoms with Gasteiger partial charge in [0.15, 0.2) is 0 Å². The first-order valence-corrected chi connectivity index (χ1v) is 13.3. The molecule has 0 aromatic heterocycles. The average molecular weight is 484 g/mol. The van der Waals surface area contributed by atoms with Crippen molar-refractivity contribution in [1.29, 1.82) is 0 Å². The number of fused-ring (bicyclic) bond motifs is 1. The minimum atomic E-state index is -0.202. The Morgan fingerprint density at radius 2 is 1.86 bits per heavy atom. The molecule has 3 aliphatic rings. The van der Waals surface area contributed by atoms with Crippen LogP contribution in [0.25, 0.3) is 0 Å². The number of rotatable bonds is 7. The van der Waals surface area contributed by atoms with Gasteiger partial charge < -0.3 is 25.6 Å². The minimum absolute atomic E-state index is 0.0868. The van der Waals surface area contributed by atoms with E-state index in [0.717, 1.165) is 76.9 Å². The van der Waals surface area contributed by atoms with Crippen LogP contribution in [0.5, 0.6) is 5.75 Å². The van der Waals surface area contributed by atoms with Crippen LogP contribution in [0.4, 0.5) is 4.79 Å². The number of benzene rings is 1. The smallest absolute Gasteiger partial charge is 0.345 e. The van der Waals surface area contributed by atoms with Crippen LogP contribution in [-0.4, -0.2) is 66.4 Å². The molecule has 8 nitrogen and oxygen atoms in total. The monoisotopic (exact) mass is 483 g/mol. The molecule has 0 spiro atoms. The van der Waals surface area contributed by atoms with Crippen molar-refractivity contribution in [2.75, 3.05) is 32.8 Å². The lowest BCUT2D eigenvalue weighted by atomic mass is 9.92. The number of amides is 3. The first-order chi connectivity index (χ1) is 16.9. The lowest BCUT2D eigenvalue weighted by molar-refractivity contribution is -0.132. The molecule has 35 heavy (non-hydrogen) atoms. The zero-order chi connectivity index (χ0) is 24.8. The predicted octanol–water partition coefficient (Wildman–Crippen LogP) is 3.33. The second-order valence-electron chi connectivity index (χ2n) is 10.5. The van der Waals surface area contributed by atoms with Gasteiger partial charge in [-0.2, -0.15) is 4.99 Å². The van der Waals surface area contributed by atoms with Crippen molar-refractivity contribution in [2.45, 2.75) is 71.4 Å². The number of nitrogens with zero attached hydrogens (tertiary/aromatic N) is 3. The maximum absolute atomic E-state index is 12.7. The van der Waals surface area contributed by atoms with Gasteiger partial charge in [-0.3, -0.25) is 4.79 Å². The van der Waals surface area contributed by atoms with Crippen LogP contribution in [0.3, 0.4) is 0 Å². The quantitative estimate of drug-likeness (QED) is 0.352. The summed E-state index contributed by atoms with van der Waals surface area (Å²) in [7, 11) is 0. The molecule has 3 heterocycles. The van der Waals surface area contributed by atoms with Gasteiger partial charge in [0.2, 0.25) is 5.91 Å². The van der Waals surface area contributed by atoms with Crippen molar-refractivity contribution in [3.63, 3.8) is 0 Å². The lowest BCUT2D eigenvalue weighted by Gasteiger charge is -2.31. The molecule has 192 valence electrons. The summed E-state index contributed by atoms with van der Waals surface area (Å²) in [5, 5.41) is 3.43. The van der Waals surface area contributed by atoms with Gasteiger partial charge in [-0.25, -0.2) is 4.79 Å². The maximum Gasteiger partial charge on any atom is 0.345 e. The van der Waals surface area contributed by atoms with E-state index >= 15 is 0 Å². The average Bonchev–Trinajstić information content (AvgIpc) is 3.41. The Kier molecular flexibility index (Phi) is 8.65. The molecule has 3 aliphatic heterocycles. The highest BCUT2D eigenvalue weighted by atomic mass is 16.5. The van der Waals surface area contributed by atoms with Gasteiger partial charge in [-0.05, 0) is 74.1 Å². The van der Waals surface area contributed by atoms with Gasteiger partial charge in [-0.1, -0.05) is 19.9 Å². The standard InChI is InChI=1S/C27H41N5O3/c1-19(2)25(28)30-27(34)32-13-9-20(10-14-32)6-5-15-35-23-8-7-21-17-24(29-18-22(21)16-23)26(33)31-11-3-4-12-31/h7-8,16,19-20,24,29H,3-6,9-15,17-18H2,1-2H3,(H2,28,30,34). The SMILES string of the molecule is CC(C)/C(N)=N/C(=O)N1CCC(CCCOc2ccc3c(c2)CNC(C(=O)N2CCCC2)C3)CC1. The summed E-state index contributed by atoms with van der Waals surface area (Å²) in [5.74, 6) is 2.25. The fourth-order valence-corrected chi connectivity index (χ4v) is 5.20. The Morgan fingerprint density at radius 3 is 2.57 bits per heavy atom. The third kappa shape index (κ3) is 6.75. The fraction of sp³-hybridized carbons (Fsp3) is 0.667. The van der Waals surface area contributed by atoms with Crippen LogP contribution in [0.2, 0.25) is 0 Å². The Balaban J connectivity index is 1.16. The number of hydrogen-bond donors (Lipinski definition) is 2. The van der Waals surface area contributed by atoms with Crippen molar-refractivity contribution >= 4 is 17.8 Å².